The summed E-state index contributed by atoms with van der Waals surface area (Å²) in [4.78, 5) is 27.3. The molecule has 0 saturated carbocycles. The van der Waals surface area contributed by atoms with E-state index >= 15 is 0 Å². The van der Waals surface area contributed by atoms with Gasteiger partial charge in [-0.25, -0.2) is 9.69 Å². The number of amides is 2. The first-order chi connectivity index (χ1) is 16.5. The van der Waals surface area contributed by atoms with E-state index in [9.17, 15) is 9.59 Å². The van der Waals surface area contributed by atoms with Gasteiger partial charge in [0.05, 0.1) is 11.7 Å². The highest BCUT2D eigenvalue weighted by Crippen LogP contribution is 2.31. The predicted octanol–water partition coefficient (Wildman–Crippen LogP) is 5.34. The third kappa shape index (κ3) is 5.86. The van der Waals surface area contributed by atoms with Gasteiger partial charge >= 0.3 is 6.09 Å². The van der Waals surface area contributed by atoms with Crippen LogP contribution in [0.1, 0.15) is 42.5 Å². The van der Waals surface area contributed by atoms with Crippen LogP contribution in [-0.4, -0.2) is 46.1 Å². The molecule has 7 nitrogen and oxygen atoms in total. The topological polar surface area (TPSA) is 81.9 Å². The molecule has 4 rings (SSSR count). The highest BCUT2D eigenvalue weighted by Gasteiger charge is 2.39. The molecule has 178 valence electrons. The van der Waals surface area contributed by atoms with Gasteiger partial charge in [-0.15, -0.1) is 0 Å². The maximum atomic E-state index is 13.3. The molecule has 1 aliphatic rings. The Balaban J connectivity index is 1.50. The quantitative estimate of drug-likeness (QED) is 0.331. The van der Waals surface area contributed by atoms with Gasteiger partial charge < -0.3 is 14.0 Å². The molecule has 3 aromatic rings. The summed E-state index contributed by atoms with van der Waals surface area (Å²) in [7, 11) is 0. The lowest BCUT2D eigenvalue weighted by Gasteiger charge is -2.22. The number of nitrogens with zero attached hydrogens (tertiary/aromatic N) is 2. The van der Waals surface area contributed by atoms with E-state index in [0.717, 1.165) is 23.3 Å². The molecule has 8 heteroatoms. The molecule has 1 aromatic heterocycles. The van der Waals surface area contributed by atoms with Crippen molar-refractivity contribution in [1.29, 1.82) is 0 Å². The SMILES string of the molecule is CC[C@H](Br)COc1ccc(C(CC(=O)N2C(=O)OC[C@@H]2Cc2ccccc2)c2ccon2)cc1. The van der Waals surface area contributed by atoms with Crippen molar-refractivity contribution in [2.45, 2.75) is 43.0 Å². The van der Waals surface area contributed by atoms with E-state index in [4.69, 9.17) is 14.0 Å². The second kappa shape index (κ2) is 11.3. The monoisotopic (exact) mass is 526 g/mol. The molecule has 0 N–H and O–H groups in total. The van der Waals surface area contributed by atoms with E-state index in [1.807, 2.05) is 54.6 Å². The first kappa shape index (κ1) is 24.0. The Labute approximate surface area is 207 Å². The Morgan fingerprint density at radius 1 is 1.18 bits per heavy atom. The van der Waals surface area contributed by atoms with Crippen molar-refractivity contribution in [3.63, 3.8) is 0 Å². The van der Waals surface area contributed by atoms with Crippen molar-refractivity contribution in [3.05, 3.63) is 83.7 Å². The minimum Gasteiger partial charge on any atom is -0.492 e. The third-order valence-electron chi connectivity index (χ3n) is 5.89. The summed E-state index contributed by atoms with van der Waals surface area (Å²) in [5.41, 5.74) is 2.55. The first-order valence-electron chi connectivity index (χ1n) is 11.3. The van der Waals surface area contributed by atoms with E-state index in [2.05, 4.69) is 28.0 Å². The summed E-state index contributed by atoms with van der Waals surface area (Å²) >= 11 is 3.56. The van der Waals surface area contributed by atoms with Gasteiger partial charge in [-0.2, -0.15) is 0 Å². The van der Waals surface area contributed by atoms with E-state index < -0.39 is 6.09 Å². The summed E-state index contributed by atoms with van der Waals surface area (Å²) in [6.07, 6.45) is 2.46. The van der Waals surface area contributed by atoms with Crippen LogP contribution in [0.4, 0.5) is 4.79 Å². The van der Waals surface area contributed by atoms with Gasteiger partial charge in [-0.3, -0.25) is 4.79 Å². The van der Waals surface area contributed by atoms with Gasteiger partial charge in [0.15, 0.2) is 0 Å². The van der Waals surface area contributed by atoms with Crippen LogP contribution >= 0.6 is 15.9 Å². The van der Waals surface area contributed by atoms with Crippen molar-refractivity contribution in [2.24, 2.45) is 0 Å². The van der Waals surface area contributed by atoms with Gasteiger partial charge in [0.1, 0.15) is 25.2 Å². The lowest BCUT2D eigenvalue weighted by atomic mass is 9.91. The first-order valence-corrected chi connectivity index (χ1v) is 12.3. The molecule has 1 fully saturated rings. The molecule has 1 saturated heterocycles. The number of aromatic nitrogens is 1. The number of carbonyl (C=O) groups is 2. The van der Waals surface area contributed by atoms with E-state index in [0.29, 0.717) is 18.7 Å². The lowest BCUT2D eigenvalue weighted by Crippen LogP contribution is -2.40. The smallest absolute Gasteiger partial charge is 0.416 e. The maximum Gasteiger partial charge on any atom is 0.416 e. The molecular weight excluding hydrogens is 500 g/mol. The Kier molecular flexibility index (Phi) is 8.00. The standard InChI is InChI=1S/C26H27BrN2O5/c1-2-20(27)16-32-22-10-8-19(9-11-22)23(24-12-13-34-28-24)15-25(30)29-21(17-33-26(29)31)14-18-6-4-3-5-7-18/h3-13,20-21,23H,2,14-17H2,1H3/t20-,21-,23?/m0/s1. The molecule has 1 unspecified atom stereocenters. The Hall–Kier alpha value is -3.13. The zero-order valence-corrected chi connectivity index (χ0v) is 20.5. The third-order valence-corrected chi connectivity index (χ3v) is 6.81. The largest absolute Gasteiger partial charge is 0.492 e. The number of rotatable bonds is 10. The Morgan fingerprint density at radius 2 is 1.94 bits per heavy atom. The number of hydrogen-bond acceptors (Lipinski definition) is 6. The van der Waals surface area contributed by atoms with Crippen molar-refractivity contribution >= 4 is 27.9 Å². The Morgan fingerprint density at radius 3 is 2.62 bits per heavy atom. The number of ether oxygens (including phenoxy) is 2. The normalized spacial score (nSPS) is 17.3. The van der Waals surface area contributed by atoms with E-state index in [1.165, 1.54) is 11.2 Å². The van der Waals surface area contributed by atoms with Crippen molar-refractivity contribution in [2.75, 3.05) is 13.2 Å². The zero-order valence-electron chi connectivity index (χ0n) is 18.9. The van der Waals surface area contributed by atoms with Crippen LogP contribution in [0.5, 0.6) is 5.75 Å². The second-order valence-electron chi connectivity index (χ2n) is 8.25. The molecule has 3 atom stereocenters. The fourth-order valence-corrected chi connectivity index (χ4v) is 4.10. The molecular formula is C26H27BrN2O5. The van der Waals surface area contributed by atoms with Crippen LogP contribution in [0.3, 0.4) is 0 Å². The second-order valence-corrected chi connectivity index (χ2v) is 9.55. The number of alkyl halides is 1. The van der Waals surface area contributed by atoms with Crippen LogP contribution in [0.25, 0.3) is 0 Å². The fourth-order valence-electron chi connectivity index (χ4n) is 3.97. The van der Waals surface area contributed by atoms with Crippen molar-refractivity contribution < 1.29 is 23.6 Å². The molecule has 0 radical (unpaired) electrons. The maximum absolute atomic E-state index is 13.3. The minimum absolute atomic E-state index is 0.0619. The van der Waals surface area contributed by atoms with Gasteiger partial charge in [0.25, 0.3) is 0 Å². The number of halogens is 1. The zero-order chi connectivity index (χ0) is 23.9. The summed E-state index contributed by atoms with van der Waals surface area (Å²) < 4.78 is 16.1. The minimum atomic E-state index is -0.603. The van der Waals surface area contributed by atoms with Crippen LogP contribution < -0.4 is 4.74 Å². The van der Waals surface area contributed by atoms with Crippen LogP contribution in [-0.2, 0) is 16.0 Å². The van der Waals surface area contributed by atoms with Gasteiger partial charge in [-0.05, 0) is 36.1 Å². The summed E-state index contributed by atoms with van der Waals surface area (Å²) in [5, 5.41) is 4.07. The van der Waals surface area contributed by atoms with Gasteiger partial charge in [0, 0.05) is 23.2 Å². The van der Waals surface area contributed by atoms with Crippen molar-refractivity contribution in [1.82, 2.24) is 10.1 Å². The fraction of sp³-hybridized carbons (Fsp3) is 0.346. The molecule has 34 heavy (non-hydrogen) atoms. The molecule has 0 bridgehead atoms. The van der Waals surface area contributed by atoms with E-state index in [-0.39, 0.29) is 35.7 Å². The predicted molar refractivity (Wildman–Crippen MR) is 130 cm³/mol. The molecule has 2 amide bonds. The lowest BCUT2D eigenvalue weighted by molar-refractivity contribution is -0.129. The number of hydrogen-bond donors (Lipinski definition) is 0. The molecule has 0 aliphatic carbocycles. The molecule has 0 spiro atoms. The van der Waals surface area contributed by atoms with Crippen LogP contribution in [0.15, 0.2) is 71.4 Å². The number of imide groups is 1. The van der Waals surface area contributed by atoms with Gasteiger partial charge in [-0.1, -0.05) is 70.5 Å². The van der Waals surface area contributed by atoms with Gasteiger partial charge in [0.2, 0.25) is 5.91 Å². The summed E-state index contributed by atoms with van der Waals surface area (Å²) in [6, 6.07) is 18.8. The highest BCUT2D eigenvalue weighted by atomic mass is 79.9. The molecule has 2 aromatic carbocycles. The summed E-state index contributed by atoms with van der Waals surface area (Å²) in [5.74, 6) is 0.0744. The number of carbonyl (C=O) groups excluding carboxylic acids is 2. The van der Waals surface area contributed by atoms with E-state index in [1.54, 1.807) is 6.07 Å². The van der Waals surface area contributed by atoms with Crippen molar-refractivity contribution in [3.8, 4) is 5.75 Å². The Bertz CT molecular complexity index is 1070. The highest BCUT2D eigenvalue weighted by molar-refractivity contribution is 9.09. The molecule has 1 aliphatic heterocycles. The average Bonchev–Trinajstić information content (AvgIpc) is 3.52. The van der Waals surface area contributed by atoms with Crippen LogP contribution in [0.2, 0.25) is 0 Å². The number of benzene rings is 2. The van der Waals surface area contributed by atoms with Crippen LogP contribution in [0, 0.1) is 0 Å². The number of cyclic esters (lactones) is 1. The summed E-state index contributed by atoms with van der Waals surface area (Å²) in [6.45, 7) is 2.85. The average molecular weight is 527 g/mol. The molecule has 2 heterocycles.